The highest BCUT2D eigenvalue weighted by atomic mass is 19.1. The highest BCUT2D eigenvalue weighted by Crippen LogP contribution is 2.32. The number of amides is 2. The number of nitrogens with one attached hydrogen (secondary N) is 1. The van der Waals surface area contributed by atoms with Crippen molar-refractivity contribution in [3.63, 3.8) is 0 Å². The quantitative estimate of drug-likeness (QED) is 0.718. The summed E-state index contributed by atoms with van der Waals surface area (Å²) in [5, 5.41) is 2.85. The van der Waals surface area contributed by atoms with E-state index in [2.05, 4.69) is 10.3 Å². The largest absolute Gasteiger partial charge is 0.326 e. The van der Waals surface area contributed by atoms with Crippen molar-refractivity contribution in [2.45, 2.75) is 19.3 Å². The van der Waals surface area contributed by atoms with Crippen LogP contribution in [0.4, 0.5) is 15.8 Å². The summed E-state index contributed by atoms with van der Waals surface area (Å²) in [6.07, 6.45) is 4.45. The number of aryl methyl sites for hydroxylation is 1. The summed E-state index contributed by atoms with van der Waals surface area (Å²) in [5.41, 5.74) is 3.52. The summed E-state index contributed by atoms with van der Waals surface area (Å²) in [5.74, 6) is -0.612. The topological polar surface area (TPSA) is 62.3 Å². The number of halogens is 1. The van der Waals surface area contributed by atoms with Crippen LogP contribution in [0.2, 0.25) is 0 Å². The molecule has 2 heterocycles. The maximum atomic E-state index is 13.7. The maximum Gasteiger partial charge on any atom is 0.259 e. The molecule has 1 aliphatic heterocycles. The van der Waals surface area contributed by atoms with Crippen molar-refractivity contribution in [1.29, 1.82) is 0 Å². The Bertz CT molecular complexity index is 1050. The first-order valence-corrected chi connectivity index (χ1v) is 9.50. The molecule has 146 valence electrons. The lowest BCUT2D eigenvalue weighted by atomic mass is 10.1. The van der Waals surface area contributed by atoms with E-state index in [1.807, 2.05) is 18.2 Å². The molecule has 1 N–H and O–H groups in total. The number of rotatable bonds is 5. The van der Waals surface area contributed by atoms with Crippen molar-refractivity contribution < 1.29 is 14.0 Å². The normalized spacial score (nSPS) is 12.5. The molecule has 0 atom stereocenters. The minimum Gasteiger partial charge on any atom is -0.326 e. The van der Waals surface area contributed by atoms with E-state index >= 15 is 0 Å². The Morgan fingerprint density at radius 2 is 1.97 bits per heavy atom. The van der Waals surface area contributed by atoms with Crippen LogP contribution in [0.5, 0.6) is 0 Å². The fourth-order valence-corrected chi connectivity index (χ4v) is 3.49. The van der Waals surface area contributed by atoms with Crippen LogP contribution in [0.15, 0.2) is 67.0 Å². The zero-order chi connectivity index (χ0) is 20.2. The van der Waals surface area contributed by atoms with Crippen LogP contribution in [0, 0.1) is 5.82 Å². The van der Waals surface area contributed by atoms with Crippen LogP contribution < -0.4 is 10.2 Å². The van der Waals surface area contributed by atoms with Gasteiger partial charge in [-0.1, -0.05) is 24.3 Å². The monoisotopic (exact) mass is 389 g/mol. The van der Waals surface area contributed by atoms with Gasteiger partial charge in [-0.3, -0.25) is 14.6 Å². The zero-order valence-electron chi connectivity index (χ0n) is 15.8. The van der Waals surface area contributed by atoms with E-state index < -0.39 is 0 Å². The lowest BCUT2D eigenvalue weighted by Crippen LogP contribution is -2.29. The molecule has 6 heteroatoms. The number of fused-ring (bicyclic) bond motifs is 1. The van der Waals surface area contributed by atoms with Gasteiger partial charge in [-0.15, -0.1) is 0 Å². The van der Waals surface area contributed by atoms with Crippen molar-refractivity contribution in [2.24, 2.45) is 0 Å². The van der Waals surface area contributed by atoms with Gasteiger partial charge in [0.1, 0.15) is 5.82 Å². The third-order valence-corrected chi connectivity index (χ3v) is 5.00. The second-order valence-electron chi connectivity index (χ2n) is 6.93. The van der Waals surface area contributed by atoms with Gasteiger partial charge in [-0.05, 0) is 54.3 Å². The Balaban J connectivity index is 1.44. The standard InChI is InChI=1S/C23H20FN3O2/c24-20-6-2-1-4-16(20)8-10-22(28)26-19-9-7-17-11-13-27(21(17)14-19)23(29)18-5-3-12-25-15-18/h1-7,9,12,14-15H,8,10-11,13H2,(H,26,28). The number of hydrogen-bond acceptors (Lipinski definition) is 3. The lowest BCUT2D eigenvalue weighted by molar-refractivity contribution is -0.116. The Morgan fingerprint density at radius 3 is 2.76 bits per heavy atom. The molecule has 2 aromatic carbocycles. The number of anilines is 2. The maximum absolute atomic E-state index is 13.7. The minimum absolute atomic E-state index is 0.111. The number of aromatic nitrogens is 1. The van der Waals surface area contributed by atoms with Gasteiger partial charge < -0.3 is 10.2 Å². The van der Waals surface area contributed by atoms with Crippen LogP contribution in [-0.2, 0) is 17.6 Å². The fraction of sp³-hybridized carbons (Fsp3) is 0.174. The van der Waals surface area contributed by atoms with Crippen LogP contribution >= 0.6 is 0 Å². The summed E-state index contributed by atoms with van der Waals surface area (Å²) in [6.45, 7) is 0.591. The van der Waals surface area contributed by atoms with Crippen LogP contribution in [0.25, 0.3) is 0 Å². The van der Waals surface area contributed by atoms with Gasteiger partial charge in [0.2, 0.25) is 5.91 Å². The first-order chi connectivity index (χ1) is 14.1. The molecule has 0 saturated carbocycles. The summed E-state index contributed by atoms with van der Waals surface area (Å²) >= 11 is 0. The molecule has 0 aliphatic carbocycles. The minimum atomic E-state index is -0.303. The van der Waals surface area contributed by atoms with Crippen molar-refractivity contribution in [3.8, 4) is 0 Å². The van der Waals surface area contributed by atoms with E-state index in [1.165, 1.54) is 6.07 Å². The molecule has 0 spiro atoms. The van der Waals surface area contributed by atoms with Crippen LogP contribution in [0.3, 0.4) is 0 Å². The van der Waals surface area contributed by atoms with Gasteiger partial charge in [0.15, 0.2) is 0 Å². The van der Waals surface area contributed by atoms with E-state index in [-0.39, 0.29) is 24.1 Å². The molecule has 1 aliphatic rings. The number of benzene rings is 2. The van der Waals surface area contributed by atoms with Gasteiger partial charge in [0.25, 0.3) is 5.91 Å². The number of pyridine rings is 1. The molecule has 0 radical (unpaired) electrons. The molecule has 5 nitrogen and oxygen atoms in total. The Kier molecular flexibility index (Phi) is 5.33. The molecule has 3 aromatic rings. The van der Waals surface area contributed by atoms with Crippen LogP contribution in [0.1, 0.15) is 27.9 Å². The molecular formula is C23H20FN3O2. The molecule has 29 heavy (non-hydrogen) atoms. The fourth-order valence-electron chi connectivity index (χ4n) is 3.49. The highest BCUT2D eigenvalue weighted by molar-refractivity contribution is 6.07. The second kappa shape index (κ2) is 8.22. The zero-order valence-corrected chi connectivity index (χ0v) is 15.8. The van der Waals surface area contributed by atoms with Gasteiger partial charge in [-0.2, -0.15) is 0 Å². The number of nitrogens with zero attached hydrogens (tertiary/aromatic N) is 2. The molecule has 0 fully saturated rings. The second-order valence-corrected chi connectivity index (χ2v) is 6.93. The van der Waals surface area contributed by atoms with E-state index in [1.54, 1.807) is 47.6 Å². The Labute approximate surface area is 168 Å². The van der Waals surface area contributed by atoms with E-state index in [0.717, 1.165) is 17.7 Å². The molecule has 0 bridgehead atoms. The lowest BCUT2D eigenvalue weighted by Gasteiger charge is -2.18. The molecule has 0 saturated heterocycles. The van der Waals surface area contributed by atoms with Gasteiger partial charge in [-0.25, -0.2) is 4.39 Å². The summed E-state index contributed by atoms with van der Waals surface area (Å²) in [6, 6.07) is 15.5. The van der Waals surface area contributed by atoms with E-state index in [0.29, 0.717) is 29.8 Å². The van der Waals surface area contributed by atoms with Crippen molar-refractivity contribution in [1.82, 2.24) is 4.98 Å². The number of carbonyl (C=O) groups excluding carboxylic acids is 2. The summed E-state index contributed by atoms with van der Waals surface area (Å²) in [4.78, 5) is 30.8. The third kappa shape index (κ3) is 4.16. The molecule has 2 amide bonds. The molecular weight excluding hydrogens is 369 g/mol. The predicted octanol–water partition coefficient (Wildman–Crippen LogP) is 3.99. The van der Waals surface area contributed by atoms with Gasteiger partial charge >= 0.3 is 0 Å². The molecule has 1 aromatic heterocycles. The number of hydrogen-bond donors (Lipinski definition) is 1. The van der Waals surface area contributed by atoms with Gasteiger partial charge in [0.05, 0.1) is 5.56 Å². The molecule has 0 unspecified atom stereocenters. The van der Waals surface area contributed by atoms with E-state index in [9.17, 15) is 14.0 Å². The highest BCUT2D eigenvalue weighted by Gasteiger charge is 2.26. The average Bonchev–Trinajstić information content (AvgIpc) is 3.16. The third-order valence-electron chi connectivity index (χ3n) is 5.00. The van der Waals surface area contributed by atoms with Crippen molar-refractivity contribution in [3.05, 3.63) is 89.5 Å². The number of carbonyl (C=O) groups is 2. The molecule has 4 rings (SSSR count). The Morgan fingerprint density at radius 1 is 1.10 bits per heavy atom. The average molecular weight is 389 g/mol. The van der Waals surface area contributed by atoms with Gasteiger partial charge in [0, 0.05) is 36.7 Å². The van der Waals surface area contributed by atoms with Crippen molar-refractivity contribution in [2.75, 3.05) is 16.8 Å². The summed E-state index contributed by atoms with van der Waals surface area (Å²) < 4.78 is 13.7. The van der Waals surface area contributed by atoms with Crippen LogP contribution in [-0.4, -0.2) is 23.3 Å². The summed E-state index contributed by atoms with van der Waals surface area (Å²) in [7, 11) is 0. The first-order valence-electron chi connectivity index (χ1n) is 9.50. The SMILES string of the molecule is O=C(CCc1ccccc1F)Nc1ccc2c(c1)N(C(=O)c1cccnc1)CC2. The van der Waals surface area contributed by atoms with E-state index in [4.69, 9.17) is 0 Å². The predicted molar refractivity (Wildman–Crippen MR) is 109 cm³/mol. The first kappa shape index (κ1) is 18.8. The Hall–Kier alpha value is -3.54. The smallest absolute Gasteiger partial charge is 0.259 e. The van der Waals surface area contributed by atoms with Crippen molar-refractivity contribution >= 4 is 23.2 Å².